The van der Waals surface area contributed by atoms with Gasteiger partial charge in [0.25, 0.3) is 0 Å². The average Bonchev–Trinajstić information content (AvgIpc) is 2.52. The number of ether oxygens (including phenoxy) is 1. The summed E-state index contributed by atoms with van der Waals surface area (Å²) in [5.41, 5.74) is 2.93. The second-order valence-electron chi connectivity index (χ2n) is 6.02. The molecule has 0 aromatic heterocycles. The zero-order valence-electron chi connectivity index (χ0n) is 13.0. The second kappa shape index (κ2) is 8.43. The van der Waals surface area contributed by atoms with Crippen LogP contribution in [-0.2, 0) is 4.74 Å². The Hall–Kier alpha value is -0.860. The van der Waals surface area contributed by atoms with Crippen molar-refractivity contribution in [3.8, 4) is 0 Å². The lowest BCUT2D eigenvalue weighted by atomic mass is 9.84. The van der Waals surface area contributed by atoms with E-state index in [0.717, 1.165) is 25.5 Å². The fourth-order valence-electron chi connectivity index (χ4n) is 3.15. The molecule has 2 rings (SSSR count). The number of rotatable bonds is 7. The summed E-state index contributed by atoms with van der Waals surface area (Å²) in [4.78, 5) is 0. The van der Waals surface area contributed by atoms with Crippen LogP contribution in [0.25, 0.3) is 0 Å². The fraction of sp³-hybridized carbons (Fsp3) is 0.667. The smallest absolute Gasteiger partial charge is 0.0474 e. The van der Waals surface area contributed by atoms with Gasteiger partial charge in [-0.1, -0.05) is 43.5 Å². The van der Waals surface area contributed by atoms with E-state index in [1.807, 2.05) is 0 Å². The first kappa shape index (κ1) is 15.5. The van der Waals surface area contributed by atoms with Gasteiger partial charge < -0.3 is 10.1 Å². The number of benzene rings is 1. The summed E-state index contributed by atoms with van der Waals surface area (Å²) in [5.74, 6) is 0.808. The van der Waals surface area contributed by atoms with Crippen LogP contribution in [0.3, 0.4) is 0 Å². The zero-order valence-corrected chi connectivity index (χ0v) is 13.0. The minimum Gasteiger partial charge on any atom is -0.385 e. The molecule has 20 heavy (non-hydrogen) atoms. The quantitative estimate of drug-likeness (QED) is 0.744. The van der Waals surface area contributed by atoms with Gasteiger partial charge in [0.1, 0.15) is 0 Å². The molecule has 0 saturated heterocycles. The normalized spacial score (nSPS) is 18.1. The highest BCUT2D eigenvalue weighted by Crippen LogP contribution is 2.32. The van der Waals surface area contributed by atoms with Gasteiger partial charge in [-0.3, -0.25) is 0 Å². The Labute approximate surface area is 123 Å². The molecule has 2 heteroatoms. The van der Waals surface area contributed by atoms with Crippen molar-refractivity contribution in [2.75, 3.05) is 20.3 Å². The SMILES string of the molecule is COCCCNC(C)c1ccc(C2CCCCC2)cc1. The highest BCUT2D eigenvalue weighted by molar-refractivity contribution is 5.27. The lowest BCUT2D eigenvalue weighted by molar-refractivity contribution is 0.193. The topological polar surface area (TPSA) is 21.3 Å². The minimum absolute atomic E-state index is 0.423. The zero-order chi connectivity index (χ0) is 14.2. The number of hydrogen-bond acceptors (Lipinski definition) is 2. The number of nitrogens with one attached hydrogen (secondary N) is 1. The van der Waals surface area contributed by atoms with Crippen molar-refractivity contribution in [2.24, 2.45) is 0 Å². The van der Waals surface area contributed by atoms with Crippen molar-refractivity contribution in [2.45, 2.75) is 57.4 Å². The van der Waals surface area contributed by atoms with E-state index in [2.05, 4.69) is 36.5 Å². The van der Waals surface area contributed by atoms with Gasteiger partial charge >= 0.3 is 0 Å². The summed E-state index contributed by atoms with van der Waals surface area (Å²) in [6, 6.07) is 9.72. The largest absolute Gasteiger partial charge is 0.385 e. The van der Waals surface area contributed by atoms with E-state index in [1.165, 1.54) is 37.7 Å². The predicted octanol–water partition coefficient (Wildman–Crippen LogP) is 4.42. The summed E-state index contributed by atoms with van der Waals surface area (Å²) in [6.07, 6.45) is 8.07. The third-order valence-electron chi connectivity index (χ3n) is 4.49. The Bertz CT molecular complexity index is 368. The van der Waals surface area contributed by atoms with Crippen LogP contribution < -0.4 is 5.32 Å². The third kappa shape index (κ3) is 4.60. The molecular formula is C18H29NO. The van der Waals surface area contributed by atoms with Gasteiger partial charge in [0.2, 0.25) is 0 Å². The molecule has 1 aliphatic carbocycles. The summed E-state index contributed by atoms with van der Waals surface area (Å²) >= 11 is 0. The lowest BCUT2D eigenvalue weighted by Crippen LogP contribution is -2.20. The van der Waals surface area contributed by atoms with Gasteiger partial charge in [0.15, 0.2) is 0 Å². The van der Waals surface area contributed by atoms with Crippen LogP contribution in [0.4, 0.5) is 0 Å². The van der Waals surface area contributed by atoms with Crippen LogP contribution in [0, 0.1) is 0 Å². The number of hydrogen-bond donors (Lipinski definition) is 1. The summed E-state index contributed by atoms with van der Waals surface area (Å²) < 4.78 is 5.07. The van der Waals surface area contributed by atoms with Crippen LogP contribution in [0.1, 0.15) is 68.5 Å². The summed E-state index contributed by atoms with van der Waals surface area (Å²) in [7, 11) is 1.76. The van der Waals surface area contributed by atoms with E-state index in [1.54, 1.807) is 12.7 Å². The molecule has 1 unspecified atom stereocenters. The second-order valence-corrected chi connectivity index (χ2v) is 6.02. The highest BCUT2D eigenvalue weighted by Gasteiger charge is 2.15. The molecule has 1 N–H and O–H groups in total. The summed E-state index contributed by atoms with van der Waals surface area (Å²) in [5, 5.41) is 3.55. The predicted molar refractivity (Wildman–Crippen MR) is 85.2 cm³/mol. The minimum atomic E-state index is 0.423. The van der Waals surface area contributed by atoms with Crippen molar-refractivity contribution >= 4 is 0 Å². The highest BCUT2D eigenvalue weighted by atomic mass is 16.5. The molecule has 1 aliphatic rings. The first-order valence-corrected chi connectivity index (χ1v) is 8.13. The molecule has 1 aromatic carbocycles. The first-order valence-electron chi connectivity index (χ1n) is 8.13. The van der Waals surface area contributed by atoms with Crippen molar-refractivity contribution in [1.82, 2.24) is 5.32 Å². The Morgan fingerprint density at radius 2 is 1.85 bits per heavy atom. The van der Waals surface area contributed by atoms with E-state index in [4.69, 9.17) is 4.74 Å². The van der Waals surface area contributed by atoms with Crippen molar-refractivity contribution in [3.63, 3.8) is 0 Å². The maximum Gasteiger partial charge on any atom is 0.0474 e. The molecule has 2 nitrogen and oxygen atoms in total. The standard InChI is InChI=1S/C18H29NO/c1-15(19-13-6-14-20-2)16-9-11-18(12-10-16)17-7-4-3-5-8-17/h9-12,15,17,19H,3-8,13-14H2,1-2H3. The van der Waals surface area contributed by atoms with Gasteiger partial charge in [-0.15, -0.1) is 0 Å². The molecule has 0 radical (unpaired) electrons. The molecule has 112 valence electrons. The van der Waals surface area contributed by atoms with Gasteiger partial charge in [0.05, 0.1) is 0 Å². The Morgan fingerprint density at radius 1 is 1.15 bits per heavy atom. The molecular weight excluding hydrogens is 246 g/mol. The molecule has 0 spiro atoms. The fourth-order valence-corrected chi connectivity index (χ4v) is 3.15. The molecule has 0 amide bonds. The lowest BCUT2D eigenvalue weighted by Gasteiger charge is -2.22. The van der Waals surface area contributed by atoms with Crippen molar-refractivity contribution in [3.05, 3.63) is 35.4 Å². The summed E-state index contributed by atoms with van der Waals surface area (Å²) in [6.45, 7) is 4.09. The van der Waals surface area contributed by atoms with Crippen LogP contribution in [0.2, 0.25) is 0 Å². The Morgan fingerprint density at radius 3 is 2.50 bits per heavy atom. The molecule has 1 fully saturated rings. The van der Waals surface area contributed by atoms with E-state index >= 15 is 0 Å². The van der Waals surface area contributed by atoms with Crippen LogP contribution in [-0.4, -0.2) is 20.3 Å². The van der Waals surface area contributed by atoms with E-state index < -0.39 is 0 Å². The maximum absolute atomic E-state index is 5.07. The molecule has 0 bridgehead atoms. The van der Waals surface area contributed by atoms with Crippen LogP contribution >= 0.6 is 0 Å². The van der Waals surface area contributed by atoms with Crippen molar-refractivity contribution in [1.29, 1.82) is 0 Å². The van der Waals surface area contributed by atoms with E-state index in [9.17, 15) is 0 Å². The molecule has 0 heterocycles. The van der Waals surface area contributed by atoms with Crippen LogP contribution in [0.15, 0.2) is 24.3 Å². The molecule has 1 aromatic rings. The molecule has 0 aliphatic heterocycles. The molecule has 1 atom stereocenters. The van der Waals surface area contributed by atoms with Gasteiger partial charge in [-0.05, 0) is 49.8 Å². The maximum atomic E-state index is 5.07. The van der Waals surface area contributed by atoms with Gasteiger partial charge in [0, 0.05) is 19.8 Å². The monoisotopic (exact) mass is 275 g/mol. The van der Waals surface area contributed by atoms with Crippen LogP contribution in [0.5, 0.6) is 0 Å². The third-order valence-corrected chi connectivity index (χ3v) is 4.49. The van der Waals surface area contributed by atoms with E-state index in [-0.39, 0.29) is 0 Å². The Kier molecular flexibility index (Phi) is 6.55. The van der Waals surface area contributed by atoms with E-state index in [0.29, 0.717) is 6.04 Å². The first-order chi connectivity index (χ1) is 9.81. The number of methoxy groups -OCH3 is 1. The molecule has 1 saturated carbocycles. The Balaban J connectivity index is 1.83. The average molecular weight is 275 g/mol. The van der Waals surface area contributed by atoms with Gasteiger partial charge in [-0.2, -0.15) is 0 Å². The van der Waals surface area contributed by atoms with Crippen molar-refractivity contribution < 1.29 is 4.74 Å². The van der Waals surface area contributed by atoms with Gasteiger partial charge in [-0.25, -0.2) is 0 Å².